The normalized spacial score (nSPS) is 13.6. The van der Waals surface area contributed by atoms with Crippen molar-refractivity contribution in [2.75, 3.05) is 11.9 Å². The van der Waals surface area contributed by atoms with Gasteiger partial charge in [0.15, 0.2) is 0 Å². The molecular formula is C12H17ClN4S. The lowest BCUT2D eigenvalue weighted by Gasteiger charge is -2.17. The Labute approximate surface area is 117 Å². The second-order valence-electron chi connectivity index (χ2n) is 4.14. The second-order valence-corrected chi connectivity index (χ2v) is 5.39. The minimum atomic E-state index is 0.634. The van der Waals surface area contributed by atoms with Gasteiger partial charge in [-0.05, 0) is 12.5 Å². The monoisotopic (exact) mass is 284 g/mol. The number of fused-ring (bicyclic) bond motifs is 1. The summed E-state index contributed by atoms with van der Waals surface area (Å²) >= 11 is 7.27. The van der Waals surface area contributed by atoms with E-state index in [4.69, 9.17) is 11.6 Å². The van der Waals surface area contributed by atoms with E-state index in [9.17, 15) is 0 Å². The molecule has 0 unspecified atom stereocenters. The Balaban J connectivity index is 1.80. The SMILES string of the molecule is CCCCCCNC1=NSc2cc(Cl)cnc2N1. The molecule has 0 fully saturated rings. The average molecular weight is 285 g/mol. The van der Waals surface area contributed by atoms with Gasteiger partial charge in [0, 0.05) is 24.7 Å². The Hall–Kier alpha value is -0.940. The Kier molecular flexibility index (Phi) is 5.13. The largest absolute Gasteiger partial charge is 0.355 e. The first-order chi connectivity index (χ1) is 8.79. The van der Waals surface area contributed by atoms with Gasteiger partial charge < -0.3 is 10.6 Å². The van der Waals surface area contributed by atoms with Crippen LogP contribution in [0.2, 0.25) is 5.02 Å². The van der Waals surface area contributed by atoms with Gasteiger partial charge in [0.1, 0.15) is 5.82 Å². The summed E-state index contributed by atoms with van der Waals surface area (Å²) in [5.74, 6) is 1.59. The van der Waals surface area contributed by atoms with Crippen LogP contribution in [-0.4, -0.2) is 17.5 Å². The third-order valence-corrected chi connectivity index (χ3v) is 3.60. The van der Waals surface area contributed by atoms with Crippen molar-refractivity contribution in [3.63, 3.8) is 0 Å². The van der Waals surface area contributed by atoms with Crippen LogP contribution < -0.4 is 10.6 Å². The molecule has 0 amide bonds. The molecule has 1 aliphatic heterocycles. The van der Waals surface area contributed by atoms with E-state index in [0.717, 1.165) is 23.2 Å². The van der Waals surface area contributed by atoms with E-state index in [1.807, 2.05) is 6.07 Å². The third kappa shape index (κ3) is 3.78. The van der Waals surface area contributed by atoms with Crippen LogP contribution in [0.25, 0.3) is 0 Å². The van der Waals surface area contributed by atoms with Crippen molar-refractivity contribution >= 4 is 35.3 Å². The highest BCUT2D eigenvalue weighted by Crippen LogP contribution is 2.31. The van der Waals surface area contributed by atoms with Crippen molar-refractivity contribution < 1.29 is 0 Å². The van der Waals surface area contributed by atoms with Gasteiger partial charge in [0.25, 0.3) is 0 Å². The molecule has 1 aromatic heterocycles. The fourth-order valence-corrected chi connectivity index (χ4v) is 2.54. The number of aromatic nitrogens is 1. The van der Waals surface area contributed by atoms with Gasteiger partial charge in [-0.15, -0.1) is 0 Å². The summed E-state index contributed by atoms with van der Waals surface area (Å²) in [7, 11) is 0. The van der Waals surface area contributed by atoms with E-state index < -0.39 is 0 Å². The molecule has 18 heavy (non-hydrogen) atoms. The molecule has 0 bridgehead atoms. The Morgan fingerprint density at radius 3 is 3.11 bits per heavy atom. The van der Waals surface area contributed by atoms with Crippen LogP contribution in [0.15, 0.2) is 21.6 Å². The molecule has 0 radical (unpaired) electrons. The molecule has 6 heteroatoms. The van der Waals surface area contributed by atoms with Crippen molar-refractivity contribution in [2.24, 2.45) is 4.40 Å². The number of pyridine rings is 1. The third-order valence-electron chi connectivity index (χ3n) is 2.61. The Morgan fingerprint density at radius 1 is 1.39 bits per heavy atom. The van der Waals surface area contributed by atoms with E-state index in [-0.39, 0.29) is 0 Å². The summed E-state index contributed by atoms with van der Waals surface area (Å²) in [4.78, 5) is 5.20. The zero-order chi connectivity index (χ0) is 12.8. The van der Waals surface area contributed by atoms with Crippen LogP contribution in [0.3, 0.4) is 0 Å². The van der Waals surface area contributed by atoms with Crippen molar-refractivity contribution in [3.8, 4) is 0 Å². The molecule has 2 rings (SSSR count). The van der Waals surface area contributed by atoms with E-state index in [2.05, 4.69) is 26.9 Å². The molecular weight excluding hydrogens is 268 g/mol. The molecule has 2 heterocycles. The predicted molar refractivity (Wildman–Crippen MR) is 78.3 cm³/mol. The van der Waals surface area contributed by atoms with Crippen molar-refractivity contribution in [2.45, 2.75) is 37.5 Å². The molecule has 98 valence electrons. The van der Waals surface area contributed by atoms with Crippen molar-refractivity contribution in [1.82, 2.24) is 10.3 Å². The maximum absolute atomic E-state index is 5.88. The van der Waals surface area contributed by atoms with Crippen molar-refractivity contribution in [1.29, 1.82) is 0 Å². The highest BCUT2D eigenvalue weighted by Gasteiger charge is 2.13. The second kappa shape index (κ2) is 6.85. The summed E-state index contributed by atoms with van der Waals surface area (Å²) in [5.41, 5.74) is 0. The number of halogens is 1. The molecule has 2 N–H and O–H groups in total. The first kappa shape index (κ1) is 13.5. The molecule has 0 atom stereocenters. The summed E-state index contributed by atoms with van der Waals surface area (Å²) in [6, 6.07) is 1.86. The molecule has 0 aromatic carbocycles. The van der Waals surface area contributed by atoms with Crippen LogP contribution in [-0.2, 0) is 0 Å². The van der Waals surface area contributed by atoms with Gasteiger partial charge in [-0.1, -0.05) is 37.8 Å². The summed E-state index contributed by atoms with van der Waals surface area (Å²) in [6.45, 7) is 3.15. The lowest BCUT2D eigenvalue weighted by Crippen LogP contribution is -2.32. The zero-order valence-corrected chi connectivity index (χ0v) is 11.9. The lowest BCUT2D eigenvalue weighted by atomic mass is 10.2. The number of nitrogens with zero attached hydrogens (tertiary/aromatic N) is 2. The molecule has 0 saturated carbocycles. The molecule has 0 aliphatic carbocycles. The number of anilines is 1. The first-order valence-corrected chi connectivity index (χ1v) is 7.36. The van der Waals surface area contributed by atoms with Crippen LogP contribution in [0.5, 0.6) is 0 Å². The summed E-state index contributed by atoms with van der Waals surface area (Å²) in [5, 5.41) is 7.08. The predicted octanol–water partition coefficient (Wildman–Crippen LogP) is 3.69. The Bertz CT molecular complexity index is 436. The van der Waals surface area contributed by atoms with Crippen LogP contribution in [0, 0.1) is 0 Å². The van der Waals surface area contributed by atoms with Gasteiger partial charge in [-0.2, -0.15) is 4.40 Å². The standard InChI is InChI=1S/C12H17ClN4S/c1-2-3-4-5-6-14-12-16-11-10(18-17-12)7-9(13)8-15-11/h7-8H,2-6H2,1H3,(H2,14,15,16,17). The highest BCUT2D eigenvalue weighted by atomic mass is 35.5. The number of hydrogen-bond donors (Lipinski definition) is 2. The maximum atomic E-state index is 5.88. The molecule has 1 aliphatic rings. The molecule has 4 nitrogen and oxygen atoms in total. The molecule has 0 saturated heterocycles. The fraction of sp³-hybridized carbons (Fsp3) is 0.500. The quantitative estimate of drug-likeness (QED) is 0.639. The minimum Gasteiger partial charge on any atom is -0.355 e. The average Bonchev–Trinajstić information content (AvgIpc) is 2.38. The number of nitrogens with one attached hydrogen (secondary N) is 2. The van der Waals surface area contributed by atoms with E-state index >= 15 is 0 Å². The van der Waals surface area contributed by atoms with E-state index in [1.54, 1.807) is 6.20 Å². The fourth-order valence-electron chi connectivity index (χ4n) is 1.65. The summed E-state index contributed by atoms with van der Waals surface area (Å²) in [6.07, 6.45) is 6.61. The number of rotatable bonds is 5. The van der Waals surface area contributed by atoms with Gasteiger partial charge in [-0.3, -0.25) is 0 Å². The van der Waals surface area contributed by atoms with E-state index in [1.165, 1.54) is 37.6 Å². The number of guanidine groups is 1. The number of hydrogen-bond acceptors (Lipinski definition) is 5. The Morgan fingerprint density at radius 2 is 2.28 bits per heavy atom. The van der Waals surface area contributed by atoms with Gasteiger partial charge in [0.2, 0.25) is 5.96 Å². The first-order valence-electron chi connectivity index (χ1n) is 6.21. The zero-order valence-electron chi connectivity index (χ0n) is 10.4. The smallest absolute Gasteiger partial charge is 0.209 e. The lowest BCUT2D eigenvalue weighted by molar-refractivity contribution is 0.654. The van der Waals surface area contributed by atoms with Gasteiger partial charge in [-0.25, -0.2) is 4.98 Å². The van der Waals surface area contributed by atoms with Crippen LogP contribution in [0.4, 0.5) is 5.82 Å². The topological polar surface area (TPSA) is 49.3 Å². The van der Waals surface area contributed by atoms with Crippen LogP contribution in [0.1, 0.15) is 32.6 Å². The van der Waals surface area contributed by atoms with Gasteiger partial charge >= 0.3 is 0 Å². The van der Waals surface area contributed by atoms with Crippen molar-refractivity contribution in [3.05, 3.63) is 17.3 Å². The van der Waals surface area contributed by atoms with Gasteiger partial charge in [0.05, 0.1) is 9.92 Å². The minimum absolute atomic E-state index is 0.634. The highest BCUT2D eigenvalue weighted by molar-refractivity contribution is 7.98. The number of unbranched alkanes of at least 4 members (excludes halogenated alkanes) is 3. The van der Waals surface area contributed by atoms with Crippen LogP contribution >= 0.6 is 23.5 Å². The maximum Gasteiger partial charge on any atom is 0.209 e. The molecule has 1 aromatic rings. The summed E-state index contributed by atoms with van der Waals surface area (Å²) < 4.78 is 4.34. The van der Waals surface area contributed by atoms with E-state index in [0.29, 0.717) is 5.02 Å². The molecule has 0 spiro atoms.